The highest BCUT2D eigenvalue weighted by atomic mass is 16.5. The molecular formula is C13H18N2O. The largest absolute Gasteiger partial charge is 0.399 e. The quantitative estimate of drug-likeness (QED) is 0.804. The number of nitrogens with two attached hydrogens (primary N) is 1. The maximum Gasteiger partial charge on any atom is 0.0642 e. The van der Waals surface area contributed by atoms with E-state index in [1.165, 1.54) is 22.2 Å². The topological polar surface area (TPSA) is 40.2 Å². The number of anilines is 1. The Hall–Kier alpha value is -1.48. The molecule has 0 fully saturated rings. The second kappa shape index (κ2) is 4.18. The predicted molar refractivity (Wildman–Crippen MR) is 67.7 cm³/mol. The number of methoxy groups -OCH3 is 1. The highest BCUT2D eigenvalue weighted by Crippen LogP contribution is 2.26. The number of hydrogen-bond donors (Lipinski definition) is 1. The molecule has 0 aliphatic rings. The number of ether oxygens (including phenoxy) is 1. The van der Waals surface area contributed by atoms with E-state index in [0.29, 0.717) is 0 Å². The van der Waals surface area contributed by atoms with Crippen LogP contribution in [0.3, 0.4) is 0 Å². The van der Waals surface area contributed by atoms with Gasteiger partial charge in [-0.1, -0.05) is 0 Å². The lowest BCUT2D eigenvalue weighted by Gasteiger charge is -2.07. The van der Waals surface area contributed by atoms with E-state index in [2.05, 4.69) is 24.5 Å². The minimum absolute atomic E-state index is 0.731. The number of rotatable bonds is 3. The Labute approximate surface area is 95.8 Å². The molecular weight excluding hydrogens is 200 g/mol. The van der Waals surface area contributed by atoms with Gasteiger partial charge in [-0.05, 0) is 37.6 Å². The Morgan fingerprint density at radius 1 is 1.31 bits per heavy atom. The van der Waals surface area contributed by atoms with Crippen LogP contribution in [-0.4, -0.2) is 18.3 Å². The van der Waals surface area contributed by atoms with Crippen LogP contribution in [0.1, 0.15) is 11.3 Å². The maximum absolute atomic E-state index is 5.82. The molecule has 0 bridgehead atoms. The molecule has 2 N–H and O–H groups in total. The number of aromatic nitrogens is 1. The number of fused-ring (bicyclic) bond motifs is 1. The van der Waals surface area contributed by atoms with E-state index in [-0.39, 0.29) is 0 Å². The minimum atomic E-state index is 0.731. The second-order valence-corrected chi connectivity index (χ2v) is 4.13. The monoisotopic (exact) mass is 218 g/mol. The van der Waals surface area contributed by atoms with Gasteiger partial charge < -0.3 is 15.0 Å². The summed E-state index contributed by atoms with van der Waals surface area (Å²) >= 11 is 0. The van der Waals surface area contributed by atoms with Gasteiger partial charge in [0.25, 0.3) is 0 Å². The van der Waals surface area contributed by atoms with Crippen molar-refractivity contribution in [3.8, 4) is 0 Å². The summed E-state index contributed by atoms with van der Waals surface area (Å²) in [7, 11) is 1.73. The van der Waals surface area contributed by atoms with E-state index in [1.807, 2.05) is 12.1 Å². The number of nitrogens with zero attached hydrogens (tertiary/aromatic N) is 1. The van der Waals surface area contributed by atoms with E-state index >= 15 is 0 Å². The molecule has 86 valence electrons. The molecule has 0 radical (unpaired) electrons. The average molecular weight is 218 g/mol. The molecule has 3 heteroatoms. The summed E-state index contributed by atoms with van der Waals surface area (Å²) < 4.78 is 7.42. The summed E-state index contributed by atoms with van der Waals surface area (Å²) in [6.45, 7) is 5.90. The van der Waals surface area contributed by atoms with Crippen LogP contribution in [-0.2, 0) is 11.3 Å². The first-order chi connectivity index (χ1) is 7.65. The molecule has 0 amide bonds. The van der Waals surface area contributed by atoms with Crippen molar-refractivity contribution in [3.05, 3.63) is 29.5 Å². The van der Waals surface area contributed by atoms with E-state index < -0.39 is 0 Å². The van der Waals surface area contributed by atoms with E-state index in [9.17, 15) is 0 Å². The minimum Gasteiger partial charge on any atom is -0.399 e. The lowest BCUT2D eigenvalue weighted by atomic mass is 10.1. The van der Waals surface area contributed by atoms with Gasteiger partial charge in [-0.2, -0.15) is 0 Å². The van der Waals surface area contributed by atoms with Crippen molar-refractivity contribution in [2.24, 2.45) is 0 Å². The normalized spacial score (nSPS) is 11.2. The van der Waals surface area contributed by atoms with Gasteiger partial charge in [0.2, 0.25) is 0 Å². The Kier molecular flexibility index (Phi) is 2.88. The molecule has 0 spiro atoms. The third-order valence-electron chi connectivity index (χ3n) is 3.18. The van der Waals surface area contributed by atoms with Crippen LogP contribution >= 0.6 is 0 Å². The summed E-state index contributed by atoms with van der Waals surface area (Å²) in [5.41, 5.74) is 10.5. The Morgan fingerprint density at radius 2 is 2.06 bits per heavy atom. The average Bonchev–Trinajstić information content (AvgIpc) is 2.50. The summed E-state index contributed by atoms with van der Waals surface area (Å²) in [5, 5.41) is 1.24. The van der Waals surface area contributed by atoms with Crippen LogP contribution in [0.4, 0.5) is 5.69 Å². The van der Waals surface area contributed by atoms with Crippen LogP contribution in [0.5, 0.6) is 0 Å². The van der Waals surface area contributed by atoms with Crippen molar-refractivity contribution in [3.63, 3.8) is 0 Å². The molecule has 2 aromatic rings. The molecule has 1 aromatic heterocycles. The molecule has 0 unspecified atom stereocenters. The highest BCUT2D eigenvalue weighted by molar-refractivity contribution is 5.87. The van der Waals surface area contributed by atoms with Gasteiger partial charge in [-0.3, -0.25) is 0 Å². The van der Waals surface area contributed by atoms with E-state index in [1.54, 1.807) is 7.11 Å². The maximum atomic E-state index is 5.82. The first-order valence-electron chi connectivity index (χ1n) is 5.49. The Bertz CT molecular complexity index is 514. The summed E-state index contributed by atoms with van der Waals surface area (Å²) in [6.07, 6.45) is 0. The standard InChI is InChI=1S/C13H18N2O/c1-9-10(2)15(6-7-16-3)13-5-4-11(14)8-12(9)13/h4-5,8H,6-7,14H2,1-3H3. The third kappa shape index (κ3) is 1.67. The van der Waals surface area contributed by atoms with Crippen molar-refractivity contribution in [1.29, 1.82) is 0 Å². The number of aryl methyl sites for hydroxylation is 1. The van der Waals surface area contributed by atoms with Crippen LogP contribution in [0.25, 0.3) is 10.9 Å². The summed E-state index contributed by atoms with van der Waals surface area (Å²) in [5.74, 6) is 0. The molecule has 2 rings (SSSR count). The van der Waals surface area contributed by atoms with Gasteiger partial charge in [0.1, 0.15) is 0 Å². The van der Waals surface area contributed by atoms with Gasteiger partial charge in [0, 0.05) is 35.9 Å². The molecule has 0 atom stereocenters. The third-order valence-corrected chi connectivity index (χ3v) is 3.18. The van der Waals surface area contributed by atoms with Crippen LogP contribution < -0.4 is 5.73 Å². The number of nitrogen functional groups attached to an aromatic ring is 1. The van der Waals surface area contributed by atoms with Gasteiger partial charge in [0.15, 0.2) is 0 Å². The molecule has 0 aliphatic carbocycles. The highest BCUT2D eigenvalue weighted by Gasteiger charge is 2.10. The molecule has 3 nitrogen and oxygen atoms in total. The fraction of sp³-hybridized carbons (Fsp3) is 0.385. The van der Waals surface area contributed by atoms with Crippen LogP contribution in [0, 0.1) is 13.8 Å². The molecule has 0 saturated carbocycles. The van der Waals surface area contributed by atoms with Gasteiger partial charge in [-0.15, -0.1) is 0 Å². The van der Waals surface area contributed by atoms with E-state index in [4.69, 9.17) is 10.5 Å². The van der Waals surface area contributed by atoms with Crippen molar-refractivity contribution in [1.82, 2.24) is 4.57 Å². The van der Waals surface area contributed by atoms with Crippen molar-refractivity contribution in [2.75, 3.05) is 19.5 Å². The van der Waals surface area contributed by atoms with Gasteiger partial charge >= 0.3 is 0 Å². The summed E-state index contributed by atoms with van der Waals surface area (Å²) in [6, 6.07) is 6.08. The first-order valence-corrected chi connectivity index (χ1v) is 5.49. The zero-order chi connectivity index (χ0) is 11.7. The fourth-order valence-corrected chi connectivity index (χ4v) is 2.14. The Balaban J connectivity index is 2.59. The van der Waals surface area contributed by atoms with Gasteiger partial charge in [-0.25, -0.2) is 0 Å². The summed E-state index contributed by atoms with van der Waals surface area (Å²) in [4.78, 5) is 0. The number of benzene rings is 1. The second-order valence-electron chi connectivity index (χ2n) is 4.13. The molecule has 0 aliphatic heterocycles. The lowest BCUT2D eigenvalue weighted by molar-refractivity contribution is 0.188. The van der Waals surface area contributed by atoms with Crippen molar-refractivity contribution in [2.45, 2.75) is 20.4 Å². The first kappa shape index (κ1) is 11.0. The zero-order valence-corrected chi connectivity index (χ0v) is 10.1. The van der Waals surface area contributed by atoms with E-state index in [0.717, 1.165) is 18.8 Å². The van der Waals surface area contributed by atoms with Crippen LogP contribution in [0.15, 0.2) is 18.2 Å². The SMILES string of the molecule is COCCn1c(C)c(C)c2cc(N)ccc21. The Morgan fingerprint density at radius 3 is 2.75 bits per heavy atom. The molecule has 1 heterocycles. The van der Waals surface area contributed by atoms with Crippen molar-refractivity contribution < 1.29 is 4.74 Å². The molecule has 1 aromatic carbocycles. The molecule has 16 heavy (non-hydrogen) atoms. The smallest absolute Gasteiger partial charge is 0.0642 e. The lowest BCUT2D eigenvalue weighted by Crippen LogP contribution is -2.05. The van der Waals surface area contributed by atoms with Crippen molar-refractivity contribution >= 4 is 16.6 Å². The zero-order valence-electron chi connectivity index (χ0n) is 10.1. The fourth-order valence-electron chi connectivity index (χ4n) is 2.14. The number of hydrogen-bond acceptors (Lipinski definition) is 2. The predicted octanol–water partition coefficient (Wildman–Crippen LogP) is 2.49. The van der Waals surface area contributed by atoms with Crippen LogP contribution in [0.2, 0.25) is 0 Å². The van der Waals surface area contributed by atoms with Gasteiger partial charge in [0.05, 0.1) is 6.61 Å². The molecule has 0 saturated heterocycles.